The molecule has 0 fully saturated rings. The van der Waals surface area contributed by atoms with E-state index in [0.29, 0.717) is 12.0 Å². The number of hydrogen-bond donors (Lipinski definition) is 2. The molecule has 0 radical (unpaired) electrons. The average molecular weight is 312 g/mol. The lowest BCUT2D eigenvalue weighted by Crippen LogP contribution is -2.28. The first kappa shape index (κ1) is 15.1. The summed E-state index contributed by atoms with van der Waals surface area (Å²) in [7, 11) is -3.59. The number of hydrogen-bond acceptors (Lipinski definition) is 5. The molecule has 2 aromatic rings. The van der Waals surface area contributed by atoms with Gasteiger partial charge in [-0.15, -0.1) is 11.3 Å². The van der Waals surface area contributed by atoms with E-state index >= 15 is 0 Å². The SMILES string of the molecule is CCC(NS(=O)(=O)c1ccc(CO)cc1)c1nccs1. The van der Waals surface area contributed by atoms with E-state index in [0.717, 1.165) is 5.01 Å². The second kappa shape index (κ2) is 6.45. The van der Waals surface area contributed by atoms with Crippen molar-refractivity contribution in [1.82, 2.24) is 9.71 Å². The van der Waals surface area contributed by atoms with E-state index in [-0.39, 0.29) is 17.5 Å². The van der Waals surface area contributed by atoms with E-state index in [1.165, 1.54) is 23.5 Å². The number of nitrogens with zero attached hydrogens (tertiary/aromatic N) is 1. The zero-order chi connectivity index (χ0) is 14.6. The Morgan fingerprint density at radius 2 is 2.05 bits per heavy atom. The first-order valence-corrected chi connectivity index (χ1v) is 8.54. The zero-order valence-electron chi connectivity index (χ0n) is 11.0. The highest BCUT2D eigenvalue weighted by molar-refractivity contribution is 7.89. The highest BCUT2D eigenvalue weighted by Crippen LogP contribution is 2.22. The molecular formula is C13H16N2O3S2. The number of aliphatic hydroxyl groups excluding tert-OH is 1. The number of rotatable bonds is 6. The summed E-state index contributed by atoms with van der Waals surface area (Å²) in [5, 5.41) is 11.5. The summed E-state index contributed by atoms with van der Waals surface area (Å²) in [4.78, 5) is 4.34. The minimum Gasteiger partial charge on any atom is -0.392 e. The van der Waals surface area contributed by atoms with Gasteiger partial charge in [0.05, 0.1) is 17.5 Å². The molecule has 0 amide bonds. The molecule has 0 aliphatic carbocycles. The number of sulfonamides is 1. The standard InChI is InChI=1S/C13H16N2O3S2/c1-2-12(13-14-7-8-19-13)15-20(17,18)11-5-3-10(9-16)4-6-11/h3-8,12,15-16H,2,9H2,1H3. The van der Waals surface area contributed by atoms with E-state index in [9.17, 15) is 8.42 Å². The number of aliphatic hydroxyl groups is 1. The van der Waals surface area contributed by atoms with Gasteiger partial charge in [-0.05, 0) is 24.1 Å². The average Bonchev–Trinajstić information content (AvgIpc) is 2.99. The van der Waals surface area contributed by atoms with Crippen LogP contribution in [0.5, 0.6) is 0 Å². The van der Waals surface area contributed by atoms with Gasteiger partial charge in [0.15, 0.2) is 0 Å². The summed E-state index contributed by atoms with van der Waals surface area (Å²) >= 11 is 1.43. The Morgan fingerprint density at radius 1 is 1.35 bits per heavy atom. The normalized spacial score (nSPS) is 13.3. The Kier molecular flexibility index (Phi) is 4.87. The van der Waals surface area contributed by atoms with E-state index in [2.05, 4.69) is 9.71 Å². The fourth-order valence-electron chi connectivity index (χ4n) is 1.74. The Morgan fingerprint density at radius 3 is 2.55 bits per heavy atom. The maximum atomic E-state index is 12.3. The van der Waals surface area contributed by atoms with Crippen molar-refractivity contribution < 1.29 is 13.5 Å². The minimum absolute atomic E-state index is 0.107. The van der Waals surface area contributed by atoms with Crippen LogP contribution >= 0.6 is 11.3 Å². The Labute approximate surface area is 122 Å². The summed E-state index contributed by atoms with van der Waals surface area (Å²) in [5.41, 5.74) is 0.677. The topological polar surface area (TPSA) is 79.3 Å². The minimum atomic E-state index is -3.59. The molecule has 1 aromatic heterocycles. The molecule has 0 saturated heterocycles. The monoisotopic (exact) mass is 312 g/mol. The van der Waals surface area contributed by atoms with Gasteiger partial charge in [-0.25, -0.2) is 18.1 Å². The van der Waals surface area contributed by atoms with Crippen molar-refractivity contribution in [2.75, 3.05) is 0 Å². The lowest BCUT2D eigenvalue weighted by molar-refractivity contribution is 0.282. The van der Waals surface area contributed by atoms with Crippen LogP contribution in [0, 0.1) is 0 Å². The van der Waals surface area contributed by atoms with Gasteiger partial charge in [0.25, 0.3) is 0 Å². The lowest BCUT2D eigenvalue weighted by atomic mass is 10.2. The van der Waals surface area contributed by atoms with Crippen LogP contribution in [0.15, 0.2) is 40.7 Å². The van der Waals surface area contributed by atoms with Crippen molar-refractivity contribution in [3.63, 3.8) is 0 Å². The molecule has 1 atom stereocenters. The first-order chi connectivity index (χ1) is 9.56. The van der Waals surface area contributed by atoms with Crippen LogP contribution in [0.25, 0.3) is 0 Å². The van der Waals surface area contributed by atoms with Crippen molar-refractivity contribution in [3.05, 3.63) is 46.4 Å². The van der Waals surface area contributed by atoms with Gasteiger partial charge in [-0.3, -0.25) is 0 Å². The maximum Gasteiger partial charge on any atom is 0.241 e. The van der Waals surface area contributed by atoms with E-state index in [4.69, 9.17) is 5.11 Å². The molecule has 1 heterocycles. The molecule has 1 aromatic carbocycles. The van der Waals surface area contributed by atoms with Gasteiger partial charge < -0.3 is 5.11 Å². The Bertz CT molecular complexity index is 637. The number of benzene rings is 1. The van der Waals surface area contributed by atoms with Crippen molar-refractivity contribution in [1.29, 1.82) is 0 Å². The molecule has 0 saturated carbocycles. The van der Waals surface area contributed by atoms with Crippen molar-refractivity contribution >= 4 is 21.4 Å². The van der Waals surface area contributed by atoms with Crippen LogP contribution in [0.3, 0.4) is 0 Å². The second-order valence-corrected chi connectivity index (χ2v) is 6.89. The van der Waals surface area contributed by atoms with Crippen molar-refractivity contribution in [2.24, 2.45) is 0 Å². The predicted octanol–water partition coefficient (Wildman–Crippen LogP) is 2.07. The van der Waals surface area contributed by atoms with Crippen LogP contribution in [-0.2, 0) is 16.6 Å². The Balaban J connectivity index is 2.21. The molecule has 108 valence electrons. The molecule has 0 aliphatic rings. The van der Waals surface area contributed by atoms with Crippen LogP contribution in [0.1, 0.15) is 30.0 Å². The third-order valence-corrected chi connectivity index (χ3v) is 5.25. The second-order valence-electron chi connectivity index (χ2n) is 4.25. The van der Waals surface area contributed by atoms with Gasteiger partial charge in [0.2, 0.25) is 10.0 Å². The van der Waals surface area contributed by atoms with Crippen LogP contribution in [0.2, 0.25) is 0 Å². The van der Waals surface area contributed by atoms with E-state index < -0.39 is 10.0 Å². The maximum absolute atomic E-state index is 12.3. The van der Waals surface area contributed by atoms with Gasteiger partial charge in [0.1, 0.15) is 5.01 Å². The molecule has 0 aliphatic heterocycles. The fourth-order valence-corrected chi connectivity index (χ4v) is 3.87. The summed E-state index contributed by atoms with van der Waals surface area (Å²) < 4.78 is 27.3. The van der Waals surface area contributed by atoms with Crippen molar-refractivity contribution in [2.45, 2.75) is 30.9 Å². The third-order valence-electron chi connectivity index (χ3n) is 2.87. The third kappa shape index (κ3) is 3.43. The Hall–Kier alpha value is -1.28. The molecule has 0 bridgehead atoms. The molecule has 1 unspecified atom stereocenters. The highest BCUT2D eigenvalue weighted by Gasteiger charge is 2.21. The van der Waals surface area contributed by atoms with Gasteiger partial charge in [0, 0.05) is 11.6 Å². The number of aromatic nitrogens is 1. The first-order valence-electron chi connectivity index (χ1n) is 6.18. The molecule has 5 nitrogen and oxygen atoms in total. The van der Waals surface area contributed by atoms with Crippen LogP contribution in [0.4, 0.5) is 0 Å². The number of thiazole rings is 1. The van der Waals surface area contributed by atoms with E-state index in [1.54, 1.807) is 18.3 Å². The molecule has 7 heteroatoms. The molecule has 20 heavy (non-hydrogen) atoms. The number of nitrogens with one attached hydrogen (secondary N) is 1. The molecular weight excluding hydrogens is 296 g/mol. The van der Waals surface area contributed by atoms with E-state index in [1.807, 2.05) is 12.3 Å². The zero-order valence-corrected chi connectivity index (χ0v) is 12.6. The van der Waals surface area contributed by atoms with Crippen LogP contribution in [-0.4, -0.2) is 18.5 Å². The summed E-state index contributed by atoms with van der Waals surface area (Å²) in [5.74, 6) is 0. The van der Waals surface area contributed by atoms with Gasteiger partial charge in [-0.2, -0.15) is 0 Å². The molecule has 0 spiro atoms. The molecule has 2 rings (SSSR count). The quantitative estimate of drug-likeness (QED) is 0.856. The van der Waals surface area contributed by atoms with Gasteiger partial charge >= 0.3 is 0 Å². The smallest absolute Gasteiger partial charge is 0.241 e. The van der Waals surface area contributed by atoms with Crippen LogP contribution < -0.4 is 4.72 Å². The van der Waals surface area contributed by atoms with Crippen molar-refractivity contribution in [3.8, 4) is 0 Å². The largest absolute Gasteiger partial charge is 0.392 e. The predicted molar refractivity (Wildman–Crippen MR) is 77.8 cm³/mol. The molecule has 2 N–H and O–H groups in total. The summed E-state index contributed by atoms with van der Waals surface area (Å²) in [6.45, 7) is 1.80. The lowest BCUT2D eigenvalue weighted by Gasteiger charge is -2.14. The van der Waals surface area contributed by atoms with Gasteiger partial charge in [-0.1, -0.05) is 19.1 Å². The highest BCUT2D eigenvalue weighted by atomic mass is 32.2. The summed E-state index contributed by atoms with van der Waals surface area (Å²) in [6, 6.07) is 5.85. The fraction of sp³-hybridized carbons (Fsp3) is 0.308. The summed E-state index contributed by atoms with van der Waals surface area (Å²) in [6.07, 6.45) is 2.29.